The van der Waals surface area contributed by atoms with E-state index in [1.165, 1.54) is 4.68 Å². The minimum atomic E-state index is -0.439. The van der Waals surface area contributed by atoms with Gasteiger partial charge in [0.15, 0.2) is 0 Å². The minimum absolute atomic E-state index is 0.00361. The van der Waals surface area contributed by atoms with E-state index < -0.39 is 10.8 Å². The third kappa shape index (κ3) is 4.84. The Bertz CT molecular complexity index is 1150. The molecule has 0 saturated carbocycles. The average molecular weight is 489 g/mol. The van der Waals surface area contributed by atoms with Gasteiger partial charge in [-0.1, -0.05) is 19.1 Å². The van der Waals surface area contributed by atoms with Gasteiger partial charge >= 0.3 is 5.69 Å². The molecule has 3 aromatic rings. The van der Waals surface area contributed by atoms with E-state index in [1.54, 1.807) is 20.8 Å². The van der Waals surface area contributed by atoms with E-state index in [4.69, 9.17) is 0 Å². The van der Waals surface area contributed by atoms with Crippen LogP contribution in [0.2, 0.25) is 0 Å². The summed E-state index contributed by atoms with van der Waals surface area (Å²) >= 11 is 3.54. The van der Waals surface area contributed by atoms with E-state index in [2.05, 4.69) is 31.4 Å². The van der Waals surface area contributed by atoms with Gasteiger partial charge in [-0.2, -0.15) is 10.2 Å². The van der Waals surface area contributed by atoms with E-state index in [-0.39, 0.29) is 18.1 Å². The number of rotatable bonds is 7. The summed E-state index contributed by atoms with van der Waals surface area (Å²) in [5, 5.41) is 22.9. The zero-order valence-electron chi connectivity index (χ0n) is 18.1. The molecule has 0 radical (unpaired) electrons. The number of hydrogen-bond donors (Lipinski definition) is 1. The van der Waals surface area contributed by atoms with Crippen LogP contribution in [0.25, 0.3) is 0 Å². The molecule has 9 nitrogen and oxygen atoms in total. The van der Waals surface area contributed by atoms with Gasteiger partial charge in [-0.05, 0) is 61.3 Å². The normalized spacial score (nSPS) is 12.1. The van der Waals surface area contributed by atoms with Crippen LogP contribution in [0.3, 0.4) is 0 Å². The molecule has 1 atom stereocenters. The van der Waals surface area contributed by atoms with Crippen LogP contribution in [0.15, 0.2) is 28.7 Å². The summed E-state index contributed by atoms with van der Waals surface area (Å²) in [6.45, 7) is 9.81. The van der Waals surface area contributed by atoms with E-state index in [0.29, 0.717) is 23.6 Å². The zero-order chi connectivity index (χ0) is 22.9. The Kier molecular flexibility index (Phi) is 6.59. The van der Waals surface area contributed by atoms with Crippen molar-refractivity contribution < 1.29 is 9.72 Å². The lowest BCUT2D eigenvalue weighted by Crippen LogP contribution is -2.25. The summed E-state index contributed by atoms with van der Waals surface area (Å²) in [6, 6.07) is 7.63. The fraction of sp³-hybridized carbons (Fsp3) is 0.381. The van der Waals surface area contributed by atoms with Gasteiger partial charge < -0.3 is 5.32 Å². The topological polar surface area (TPSA) is 108 Å². The van der Waals surface area contributed by atoms with Crippen LogP contribution in [0.1, 0.15) is 35.3 Å². The number of nitro groups is 1. The molecule has 1 amide bonds. The molecule has 31 heavy (non-hydrogen) atoms. The quantitative estimate of drug-likeness (QED) is 0.393. The molecule has 2 heterocycles. The lowest BCUT2D eigenvalue weighted by molar-refractivity contribution is -0.386. The number of benzene rings is 1. The summed E-state index contributed by atoms with van der Waals surface area (Å²) in [4.78, 5) is 23.5. The number of nitrogens with zero attached hydrogens (tertiary/aromatic N) is 5. The number of amides is 1. The molecule has 164 valence electrons. The summed E-state index contributed by atoms with van der Waals surface area (Å²) in [5.74, 6) is -0.602. The largest absolute Gasteiger partial charge is 0.326 e. The number of nitrogens with one attached hydrogen (secondary N) is 1. The smallest absolute Gasteiger partial charge is 0.312 e. The molecule has 1 N–H and O–H groups in total. The molecule has 0 saturated heterocycles. The SMILES string of the molecule is Cc1nn(Cc2cccc(NC(=O)C(C)Cn3nc(C)c([N+](=O)[O-])c3C)c2)c(C)c1Br. The maximum atomic E-state index is 12.7. The molecule has 1 unspecified atom stereocenters. The third-order valence-corrected chi connectivity index (χ3v) is 6.39. The second kappa shape index (κ2) is 9.01. The van der Waals surface area contributed by atoms with Crippen molar-refractivity contribution in [1.29, 1.82) is 0 Å². The average Bonchev–Trinajstić information content (AvgIpc) is 3.11. The van der Waals surface area contributed by atoms with Crippen molar-refractivity contribution in [2.24, 2.45) is 5.92 Å². The number of anilines is 1. The second-order valence-electron chi connectivity index (χ2n) is 7.69. The van der Waals surface area contributed by atoms with E-state index in [0.717, 1.165) is 21.4 Å². The molecule has 0 spiro atoms. The van der Waals surface area contributed by atoms with Crippen molar-refractivity contribution in [3.05, 3.63) is 67.2 Å². The van der Waals surface area contributed by atoms with Gasteiger partial charge in [-0.25, -0.2) is 0 Å². The Morgan fingerprint density at radius 3 is 2.42 bits per heavy atom. The lowest BCUT2D eigenvalue weighted by atomic mass is 10.1. The molecular weight excluding hydrogens is 464 g/mol. The van der Waals surface area contributed by atoms with Crippen LogP contribution in [-0.4, -0.2) is 30.4 Å². The van der Waals surface area contributed by atoms with Gasteiger partial charge in [0.2, 0.25) is 5.91 Å². The molecule has 1 aromatic carbocycles. The van der Waals surface area contributed by atoms with Crippen molar-refractivity contribution >= 4 is 33.2 Å². The van der Waals surface area contributed by atoms with Crippen LogP contribution in [0.5, 0.6) is 0 Å². The van der Waals surface area contributed by atoms with Gasteiger partial charge in [0.25, 0.3) is 0 Å². The highest BCUT2D eigenvalue weighted by molar-refractivity contribution is 9.10. The lowest BCUT2D eigenvalue weighted by Gasteiger charge is -2.14. The second-order valence-corrected chi connectivity index (χ2v) is 8.48. The first-order valence-electron chi connectivity index (χ1n) is 9.86. The Morgan fingerprint density at radius 2 is 1.84 bits per heavy atom. The van der Waals surface area contributed by atoms with E-state index in [1.807, 2.05) is 42.8 Å². The summed E-state index contributed by atoms with van der Waals surface area (Å²) in [7, 11) is 0. The molecule has 0 aliphatic rings. The van der Waals surface area contributed by atoms with Crippen molar-refractivity contribution in [2.45, 2.75) is 47.7 Å². The van der Waals surface area contributed by atoms with Crippen LogP contribution >= 0.6 is 15.9 Å². The zero-order valence-corrected chi connectivity index (χ0v) is 19.7. The number of hydrogen-bond acceptors (Lipinski definition) is 5. The first-order chi connectivity index (χ1) is 14.6. The number of aryl methyl sites for hydroxylation is 2. The number of aromatic nitrogens is 4. The van der Waals surface area contributed by atoms with Crippen molar-refractivity contribution in [3.63, 3.8) is 0 Å². The summed E-state index contributed by atoms with van der Waals surface area (Å²) in [5.41, 5.74) is 4.46. The fourth-order valence-electron chi connectivity index (χ4n) is 3.49. The highest BCUT2D eigenvalue weighted by Crippen LogP contribution is 2.23. The molecule has 0 aliphatic carbocycles. The Labute approximate surface area is 188 Å². The monoisotopic (exact) mass is 488 g/mol. The Morgan fingerprint density at radius 1 is 1.16 bits per heavy atom. The third-order valence-electron chi connectivity index (χ3n) is 5.24. The minimum Gasteiger partial charge on any atom is -0.326 e. The first-order valence-corrected chi connectivity index (χ1v) is 10.7. The summed E-state index contributed by atoms with van der Waals surface area (Å²) < 4.78 is 4.43. The first kappa shape index (κ1) is 22.7. The highest BCUT2D eigenvalue weighted by Gasteiger charge is 2.24. The van der Waals surface area contributed by atoms with E-state index >= 15 is 0 Å². The fourth-order valence-corrected chi connectivity index (χ4v) is 3.77. The molecule has 0 fully saturated rings. The number of carbonyl (C=O) groups excluding carboxylic acids is 1. The maximum Gasteiger partial charge on any atom is 0.312 e. The molecule has 0 bridgehead atoms. The Hall–Kier alpha value is -3.01. The predicted molar refractivity (Wildman–Crippen MR) is 121 cm³/mol. The number of carbonyl (C=O) groups is 1. The Balaban J connectivity index is 1.69. The van der Waals surface area contributed by atoms with Gasteiger partial charge in [-0.15, -0.1) is 0 Å². The standard InChI is InChI=1S/C21H25BrN6O3/c1-12(10-26-16(5)20(28(30)31)14(3)25-26)21(29)23-18-8-6-7-17(9-18)11-27-15(4)19(22)13(2)24-27/h6-9,12H,10-11H2,1-5H3,(H,23,29). The molecule has 3 rings (SSSR count). The van der Waals surface area contributed by atoms with Crippen molar-refractivity contribution in [2.75, 3.05) is 5.32 Å². The highest BCUT2D eigenvalue weighted by atomic mass is 79.9. The van der Waals surface area contributed by atoms with Crippen LogP contribution in [0, 0.1) is 43.7 Å². The molecule has 0 aliphatic heterocycles. The van der Waals surface area contributed by atoms with E-state index in [9.17, 15) is 14.9 Å². The van der Waals surface area contributed by atoms with Crippen molar-refractivity contribution in [1.82, 2.24) is 19.6 Å². The molecule has 10 heteroatoms. The van der Waals surface area contributed by atoms with Crippen LogP contribution in [0.4, 0.5) is 11.4 Å². The van der Waals surface area contributed by atoms with Crippen molar-refractivity contribution in [3.8, 4) is 0 Å². The van der Waals surface area contributed by atoms with Gasteiger partial charge in [0.05, 0.1) is 39.8 Å². The van der Waals surface area contributed by atoms with Gasteiger partial charge in [0.1, 0.15) is 11.4 Å². The predicted octanol–water partition coefficient (Wildman–Crippen LogP) is 4.31. The van der Waals surface area contributed by atoms with Gasteiger partial charge in [-0.3, -0.25) is 24.3 Å². The van der Waals surface area contributed by atoms with Crippen LogP contribution in [-0.2, 0) is 17.9 Å². The van der Waals surface area contributed by atoms with Crippen LogP contribution < -0.4 is 5.32 Å². The molecular formula is C21H25BrN6O3. The number of halogens is 1. The van der Waals surface area contributed by atoms with Gasteiger partial charge in [0, 0.05) is 5.69 Å². The maximum absolute atomic E-state index is 12.7. The summed E-state index contributed by atoms with van der Waals surface area (Å²) in [6.07, 6.45) is 0. The molecule has 2 aromatic heterocycles.